The van der Waals surface area contributed by atoms with Gasteiger partial charge in [0, 0.05) is 18.7 Å². The Hall–Kier alpha value is -2.54. The zero-order valence-corrected chi connectivity index (χ0v) is 13.9. The lowest BCUT2D eigenvalue weighted by molar-refractivity contribution is 0.0927. The molecule has 2 rings (SSSR count). The number of rotatable bonds is 5. The summed E-state index contributed by atoms with van der Waals surface area (Å²) in [6, 6.07) is 5.48. The van der Waals surface area contributed by atoms with E-state index in [1.165, 1.54) is 12.1 Å². The van der Waals surface area contributed by atoms with Crippen molar-refractivity contribution in [2.45, 2.75) is 6.92 Å². The third kappa shape index (κ3) is 4.73. The molecule has 0 aliphatic heterocycles. The van der Waals surface area contributed by atoms with Crippen LogP contribution >= 0.6 is 11.6 Å². The highest BCUT2D eigenvalue weighted by molar-refractivity contribution is 6.33. The van der Waals surface area contributed by atoms with Crippen LogP contribution in [-0.4, -0.2) is 24.9 Å². The van der Waals surface area contributed by atoms with Gasteiger partial charge in [-0.05, 0) is 36.8 Å². The average Bonchev–Trinajstić information content (AvgIpc) is 2.57. The second-order valence-electron chi connectivity index (χ2n) is 5.22. The number of carbonyl (C=O) groups is 2. The van der Waals surface area contributed by atoms with Gasteiger partial charge in [0.2, 0.25) is 0 Å². The van der Waals surface area contributed by atoms with Crippen LogP contribution in [0.3, 0.4) is 0 Å². The van der Waals surface area contributed by atoms with Gasteiger partial charge in [0.1, 0.15) is 5.82 Å². The summed E-state index contributed by atoms with van der Waals surface area (Å²) in [5.74, 6) is -4.05. The highest BCUT2D eigenvalue weighted by Crippen LogP contribution is 2.19. The topological polar surface area (TPSA) is 58.2 Å². The molecule has 0 aliphatic rings. The van der Waals surface area contributed by atoms with Crippen LogP contribution in [0.15, 0.2) is 30.3 Å². The summed E-state index contributed by atoms with van der Waals surface area (Å²) in [5, 5.41) is 4.69. The third-order valence-corrected chi connectivity index (χ3v) is 3.70. The van der Waals surface area contributed by atoms with Crippen molar-refractivity contribution in [2.75, 3.05) is 13.1 Å². The number of hydrogen-bond donors (Lipinski definition) is 2. The summed E-state index contributed by atoms with van der Waals surface area (Å²) in [5.41, 5.74) is 0.359. The van der Waals surface area contributed by atoms with Gasteiger partial charge < -0.3 is 10.6 Å². The van der Waals surface area contributed by atoms with Crippen molar-refractivity contribution >= 4 is 23.4 Å². The van der Waals surface area contributed by atoms with Crippen molar-refractivity contribution < 1.29 is 22.8 Å². The number of aryl methyl sites for hydroxylation is 1. The quantitative estimate of drug-likeness (QED) is 0.627. The molecule has 0 unspecified atom stereocenters. The minimum absolute atomic E-state index is 0.0221. The second kappa shape index (κ2) is 8.02. The Bertz CT molecular complexity index is 828. The van der Waals surface area contributed by atoms with Gasteiger partial charge in [-0.2, -0.15) is 0 Å². The largest absolute Gasteiger partial charge is 0.350 e. The second-order valence-corrected chi connectivity index (χ2v) is 5.63. The summed E-state index contributed by atoms with van der Waals surface area (Å²) in [6.07, 6.45) is 0. The molecule has 0 atom stereocenters. The van der Waals surface area contributed by atoms with Crippen molar-refractivity contribution in [3.8, 4) is 0 Å². The lowest BCUT2D eigenvalue weighted by atomic mass is 10.1. The van der Waals surface area contributed by atoms with E-state index in [1.807, 2.05) is 0 Å². The van der Waals surface area contributed by atoms with E-state index < -0.39 is 29.3 Å². The number of nitrogens with one attached hydrogen (secondary N) is 2. The SMILES string of the molecule is Cc1ccc(C(=O)NCCNC(=O)c2cc(F)c(F)cc2Cl)cc1F. The first kappa shape index (κ1) is 18.8. The smallest absolute Gasteiger partial charge is 0.252 e. The molecule has 0 radical (unpaired) electrons. The van der Waals surface area contributed by atoms with E-state index in [0.29, 0.717) is 17.7 Å². The standard InChI is InChI=1S/C17H14ClF3N2O2/c1-9-2-3-10(6-13(9)19)16(24)22-4-5-23-17(25)11-7-14(20)15(21)8-12(11)18/h2-3,6-8H,4-5H2,1H3,(H,22,24)(H,23,25). The fourth-order valence-electron chi connectivity index (χ4n) is 1.98. The predicted octanol–water partition coefficient (Wildman–Crippen LogP) is 3.23. The van der Waals surface area contributed by atoms with Gasteiger partial charge in [0.15, 0.2) is 11.6 Å². The van der Waals surface area contributed by atoms with Crippen molar-refractivity contribution in [1.29, 1.82) is 0 Å². The van der Waals surface area contributed by atoms with Gasteiger partial charge in [-0.25, -0.2) is 13.2 Å². The Kier molecular flexibility index (Phi) is 6.03. The predicted molar refractivity (Wildman–Crippen MR) is 87.2 cm³/mol. The Balaban J connectivity index is 1.86. The number of amides is 2. The van der Waals surface area contributed by atoms with Crippen LogP contribution in [0.4, 0.5) is 13.2 Å². The fourth-order valence-corrected chi connectivity index (χ4v) is 2.22. The van der Waals surface area contributed by atoms with Crippen LogP contribution < -0.4 is 10.6 Å². The lowest BCUT2D eigenvalue weighted by Crippen LogP contribution is -2.34. The zero-order valence-electron chi connectivity index (χ0n) is 13.1. The lowest BCUT2D eigenvalue weighted by Gasteiger charge is -2.09. The van der Waals surface area contributed by atoms with Crippen molar-refractivity contribution in [1.82, 2.24) is 10.6 Å². The van der Waals surface area contributed by atoms with Crippen molar-refractivity contribution in [3.05, 3.63) is 69.5 Å². The number of benzene rings is 2. The maximum absolute atomic E-state index is 13.4. The molecule has 0 heterocycles. The van der Waals surface area contributed by atoms with Gasteiger partial charge in [-0.15, -0.1) is 0 Å². The molecule has 0 aromatic heterocycles. The van der Waals surface area contributed by atoms with Crippen LogP contribution in [0.2, 0.25) is 5.02 Å². The van der Waals surface area contributed by atoms with E-state index in [2.05, 4.69) is 10.6 Å². The maximum Gasteiger partial charge on any atom is 0.252 e. The molecule has 2 N–H and O–H groups in total. The molecule has 2 aromatic carbocycles. The molecule has 2 aromatic rings. The molecule has 0 saturated carbocycles. The number of hydrogen-bond acceptors (Lipinski definition) is 2. The van der Waals surface area contributed by atoms with Crippen LogP contribution in [-0.2, 0) is 0 Å². The monoisotopic (exact) mass is 370 g/mol. The molecule has 0 saturated heterocycles. The van der Waals surface area contributed by atoms with E-state index in [1.54, 1.807) is 6.92 Å². The van der Waals surface area contributed by atoms with E-state index in [0.717, 1.165) is 6.07 Å². The first-order chi connectivity index (χ1) is 11.8. The molecular weight excluding hydrogens is 357 g/mol. The highest BCUT2D eigenvalue weighted by atomic mass is 35.5. The summed E-state index contributed by atoms with van der Waals surface area (Å²) in [7, 11) is 0. The summed E-state index contributed by atoms with van der Waals surface area (Å²) in [4.78, 5) is 23.7. The van der Waals surface area contributed by atoms with Gasteiger partial charge >= 0.3 is 0 Å². The molecule has 0 aliphatic carbocycles. The first-order valence-corrected chi connectivity index (χ1v) is 7.64. The highest BCUT2D eigenvalue weighted by Gasteiger charge is 2.15. The van der Waals surface area contributed by atoms with Crippen LogP contribution in [0.1, 0.15) is 26.3 Å². The van der Waals surface area contributed by atoms with Crippen LogP contribution in [0, 0.1) is 24.4 Å². The van der Waals surface area contributed by atoms with E-state index >= 15 is 0 Å². The van der Waals surface area contributed by atoms with Crippen molar-refractivity contribution in [2.24, 2.45) is 0 Å². The molecule has 0 fully saturated rings. The van der Waals surface area contributed by atoms with Crippen LogP contribution in [0.25, 0.3) is 0 Å². The summed E-state index contributed by atoms with van der Waals surface area (Å²) < 4.78 is 39.5. The van der Waals surface area contributed by atoms with Gasteiger partial charge in [0.25, 0.3) is 11.8 Å². The maximum atomic E-state index is 13.4. The van der Waals surface area contributed by atoms with Gasteiger partial charge in [0.05, 0.1) is 10.6 Å². The van der Waals surface area contributed by atoms with E-state index in [9.17, 15) is 22.8 Å². The molecule has 25 heavy (non-hydrogen) atoms. The van der Waals surface area contributed by atoms with Crippen LogP contribution in [0.5, 0.6) is 0 Å². The summed E-state index contributed by atoms with van der Waals surface area (Å²) in [6.45, 7) is 1.66. The molecule has 132 valence electrons. The Labute approximate surface area is 147 Å². The molecule has 0 bridgehead atoms. The minimum atomic E-state index is -1.19. The molecular formula is C17H14ClF3N2O2. The normalized spacial score (nSPS) is 10.4. The molecule has 2 amide bonds. The Morgan fingerprint density at radius 2 is 1.52 bits per heavy atom. The van der Waals surface area contributed by atoms with Gasteiger partial charge in [-0.3, -0.25) is 9.59 Å². The number of carbonyl (C=O) groups excluding carboxylic acids is 2. The van der Waals surface area contributed by atoms with E-state index in [-0.39, 0.29) is 29.2 Å². The first-order valence-electron chi connectivity index (χ1n) is 7.26. The number of halogens is 4. The molecule has 0 spiro atoms. The van der Waals surface area contributed by atoms with E-state index in [4.69, 9.17) is 11.6 Å². The molecule has 4 nitrogen and oxygen atoms in total. The third-order valence-electron chi connectivity index (χ3n) is 3.38. The van der Waals surface area contributed by atoms with Crippen molar-refractivity contribution in [3.63, 3.8) is 0 Å². The zero-order chi connectivity index (χ0) is 18.6. The van der Waals surface area contributed by atoms with Gasteiger partial charge in [-0.1, -0.05) is 17.7 Å². The fraction of sp³-hybridized carbons (Fsp3) is 0.176. The molecule has 8 heteroatoms. The minimum Gasteiger partial charge on any atom is -0.350 e. The summed E-state index contributed by atoms with van der Waals surface area (Å²) >= 11 is 5.69. The average molecular weight is 371 g/mol. The Morgan fingerprint density at radius 1 is 0.920 bits per heavy atom. The Morgan fingerprint density at radius 3 is 2.16 bits per heavy atom.